The average molecular weight is 293 g/mol. The predicted octanol–water partition coefficient (Wildman–Crippen LogP) is 2.38. The summed E-state index contributed by atoms with van der Waals surface area (Å²) in [6, 6.07) is 2.07. The Morgan fingerprint density at radius 2 is 2.10 bits per heavy atom. The number of carboxylic acid groups (broad SMARTS) is 1. The smallest absolute Gasteiger partial charge is 0.307 e. The standard InChI is InChI=1S/C15H19NO3S/c1-9-6-11(12(7-9)15(18)19)14(17)16-4-2-13-10(8-16)3-5-20-13/h3,5,9,11-12H,2,4,6-8H2,1H3,(H,18,19)/t9?,11-,12+/m0/s1. The molecule has 1 amide bonds. The van der Waals surface area contributed by atoms with Crippen molar-refractivity contribution >= 4 is 23.2 Å². The number of nitrogens with zero attached hydrogens (tertiary/aromatic N) is 1. The molecular weight excluding hydrogens is 274 g/mol. The molecule has 2 heterocycles. The third-order valence-corrected chi connectivity index (χ3v) is 5.58. The molecule has 5 heteroatoms. The number of fused-ring (bicyclic) bond motifs is 1. The zero-order valence-corrected chi connectivity index (χ0v) is 12.4. The van der Waals surface area contributed by atoms with Crippen LogP contribution in [0, 0.1) is 17.8 Å². The van der Waals surface area contributed by atoms with Gasteiger partial charge in [0.2, 0.25) is 5.91 Å². The molecule has 1 unspecified atom stereocenters. The lowest BCUT2D eigenvalue weighted by atomic mass is 9.94. The molecule has 1 fully saturated rings. The van der Waals surface area contributed by atoms with Gasteiger partial charge in [-0.15, -0.1) is 11.3 Å². The molecule has 1 aromatic heterocycles. The molecule has 3 rings (SSSR count). The van der Waals surface area contributed by atoms with E-state index in [-0.39, 0.29) is 11.8 Å². The average Bonchev–Trinajstić information content (AvgIpc) is 3.02. The fourth-order valence-corrected chi connectivity index (χ4v) is 4.40. The molecule has 0 saturated heterocycles. The maximum atomic E-state index is 12.7. The number of aliphatic carboxylic acids is 1. The van der Waals surface area contributed by atoms with Gasteiger partial charge in [-0.25, -0.2) is 0 Å². The summed E-state index contributed by atoms with van der Waals surface area (Å²) in [7, 11) is 0. The molecule has 2 aliphatic rings. The Balaban J connectivity index is 1.74. The topological polar surface area (TPSA) is 57.6 Å². The van der Waals surface area contributed by atoms with Crippen molar-refractivity contribution in [2.24, 2.45) is 17.8 Å². The van der Waals surface area contributed by atoms with Crippen LogP contribution in [0.3, 0.4) is 0 Å². The van der Waals surface area contributed by atoms with E-state index < -0.39 is 11.9 Å². The van der Waals surface area contributed by atoms with Crippen LogP contribution in [0.5, 0.6) is 0 Å². The number of hydrogen-bond acceptors (Lipinski definition) is 3. The van der Waals surface area contributed by atoms with Crippen molar-refractivity contribution in [3.8, 4) is 0 Å². The third kappa shape index (κ3) is 2.35. The lowest BCUT2D eigenvalue weighted by Gasteiger charge is -2.30. The van der Waals surface area contributed by atoms with Gasteiger partial charge in [0.25, 0.3) is 0 Å². The van der Waals surface area contributed by atoms with Crippen LogP contribution in [0.4, 0.5) is 0 Å². The molecule has 108 valence electrons. The van der Waals surface area contributed by atoms with E-state index in [9.17, 15) is 14.7 Å². The van der Waals surface area contributed by atoms with E-state index >= 15 is 0 Å². The van der Waals surface area contributed by atoms with Crippen molar-refractivity contribution in [2.45, 2.75) is 32.7 Å². The van der Waals surface area contributed by atoms with Crippen LogP contribution in [-0.2, 0) is 22.6 Å². The number of hydrogen-bond donors (Lipinski definition) is 1. The number of rotatable bonds is 2. The Hall–Kier alpha value is -1.36. The van der Waals surface area contributed by atoms with Gasteiger partial charge in [0, 0.05) is 18.0 Å². The highest BCUT2D eigenvalue weighted by molar-refractivity contribution is 7.10. The largest absolute Gasteiger partial charge is 0.481 e. The van der Waals surface area contributed by atoms with E-state index in [0.29, 0.717) is 25.3 Å². The van der Waals surface area contributed by atoms with Crippen LogP contribution < -0.4 is 0 Å². The van der Waals surface area contributed by atoms with E-state index in [2.05, 4.69) is 11.4 Å². The Bertz CT molecular complexity index is 539. The summed E-state index contributed by atoms with van der Waals surface area (Å²) in [6.07, 6.45) is 2.24. The number of carbonyl (C=O) groups is 2. The monoisotopic (exact) mass is 293 g/mol. The van der Waals surface area contributed by atoms with Crippen molar-refractivity contribution in [3.63, 3.8) is 0 Å². The first-order valence-corrected chi connectivity index (χ1v) is 8.01. The van der Waals surface area contributed by atoms with Gasteiger partial charge in [-0.05, 0) is 42.2 Å². The zero-order chi connectivity index (χ0) is 14.3. The first-order valence-electron chi connectivity index (χ1n) is 7.13. The first-order chi connectivity index (χ1) is 9.56. The van der Waals surface area contributed by atoms with Crippen LogP contribution in [-0.4, -0.2) is 28.4 Å². The molecule has 0 radical (unpaired) electrons. The Morgan fingerprint density at radius 1 is 1.35 bits per heavy atom. The van der Waals surface area contributed by atoms with Gasteiger partial charge in [-0.3, -0.25) is 9.59 Å². The number of amides is 1. The molecule has 0 bridgehead atoms. The van der Waals surface area contributed by atoms with Crippen molar-refractivity contribution in [2.75, 3.05) is 6.54 Å². The first kappa shape index (κ1) is 13.6. The van der Waals surface area contributed by atoms with Gasteiger partial charge in [0.15, 0.2) is 0 Å². The fourth-order valence-electron chi connectivity index (χ4n) is 3.51. The minimum Gasteiger partial charge on any atom is -0.481 e. The molecule has 4 nitrogen and oxygen atoms in total. The molecule has 1 saturated carbocycles. The second kappa shape index (κ2) is 5.20. The highest BCUT2D eigenvalue weighted by atomic mass is 32.1. The van der Waals surface area contributed by atoms with Gasteiger partial charge in [0.1, 0.15) is 0 Å². The second-order valence-corrected chi connectivity index (χ2v) is 7.01. The lowest BCUT2D eigenvalue weighted by molar-refractivity contribution is -0.149. The molecule has 3 atom stereocenters. The normalized spacial score (nSPS) is 29.2. The quantitative estimate of drug-likeness (QED) is 0.911. The lowest BCUT2D eigenvalue weighted by Crippen LogP contribution is -2.41. The second-order valence-electron chi connectivity index (χ2n) is 6.01. The number of thiophene rings is 1. The summed E-state index contributed by atoms with van der Waals surface area (Å²) in [5.74, 6) is -1.28. The molecule has 20 heavy (non-hydrogen) atoms. The number of carboxylic acids is 1. The van der Waals surface area contributed by atoms with E-state index in [0.717, 1.165) is 13.0 Å². The highest BCUT2D eigenvalue weighted by Crippen LogP contribution is 2.38. The third-order valence-electron chi connectivity index (χ3n) is 4.55. The number of carbonyl (C=O) groups excluding carboxylic acids is 1. The SMILES string of the molecule is CC1C[C@H](C(=O)N2CCc3sccc3C2)[C@H](C(=O)O)C1. The van der Waals surface area contributed by atoms with E-state index in [1.54, 1.807) is 11.3 Å². The minimum absolute atomic E-state index is 0.0404. The van der Waals surface area contributed by atoms with Gasteiger partial charge >= 0.3 is 5.97 Å². The maximum absolute atomic E-state index is 12.7. The van der Waals surface area contributed by atoms with Crippen molar-refractivity contribution < 1.29 is 14.7 Å². The van der Waals surface area contributed by atoms with Crippen LogP contribution in [0.1, 0.15) is 30.2 Å². The summed E-state index contributed by atoms with van der Waals surface area (Å²) < 4.78 is 0. The zero-order valence-electron chi connectivity index (χ0n) is 11.5. The molecule has 1 aliphatic heterocycles. The Kier molecular flexibility index (Phi) is 3.54. The van der Waals surface area contributed by atoms with Crippen LogP contribution in [0.2, 0.25) is 0 Å². The summed E-state index contributed by atoms with van der Waals surface area (Å²) >= 11 is 1.75. The maximum Gasteiger partial charge on any atom is 0.307 e. The van der Waals surface area contributed by atoms with Crippen LogP contribution in [0.15, 0.2) is 11.4 Å². The van der Waals surface area contributed by atoms with Gasteiger partial charge in [-0.1, -0.05) is 6.92 Å². The van der Waals surface area contributed by atoms with Crippen LogP contribution in [0.25, 0.3) is 0 Å². The van der Waals surface area contributed by atoms with E-state index in [4.69, 9.17) is 0 Å². The summed E-state index contributed by atoms with van der Waals surface area (Å²) in [5.41, 5.74) is 1.23. The minimum atomic E-state index is -0.819. The Labute approximate surface area is 122 Å². The van der Waals surface area contributed by atoms with Crippen LogP contribution >= 0.6 is 11.3 Å². The molecule has 1 aromatic rings. The highest BCUT2D eigenvalue weighted by Gasteiger charge is 2.43. The van der Waals surface area contributed by atoms with Crippen molar-refractivity contribution in [3.05, 3.63) is 21.9 Å². The summed E-state index contributed by atoms with van der Waals surface area (Å²) in [6.45, 7) is 3.41. The molecule has 0 spiro atoms. The molecular formula is C15H19NO3S. The summed E-state index contributed by atoms with van der Waals surface area (Å²) in [5, 5.41) is 11.4. The molecule has 1 aliphatic carbocycles. The van der Waals surface area contributed by atoms with Crippen molar-refractivity contribution in [1.82, 2.24) is 4.90 Å². The van der Waals surface area contributed by atoms with E-state index in [1.807, 2.05) is 11.8 Å². The predicted molar refractivity (Wildman–Crippen MR) is 76.5 cm³/mol. The fraction of sp³-hybridized carbons (Fsp3) is 0.600. The summed E-state index contributed by atoms with van der Waals surface area (Å²) in [4.78, 5) is 27.2. The van der Waals surface area contributed by atoms with Crippen molar-refractivity contribution in [1.29, 1.82) is 0 Å². The molecule has 1 N–H and O–H groups in total. The van der Waals surface area contributed by atoms with Gasteiger partial charge in [0.05, 0.1) is 11.8 Å². The molecule has 0 aromatic carbocycles. The van der Waals surface area contributed by atoms with Gasteiger partial charge < -0.3 is 10.0 Å². The Morgan fingerprint density at radius 3 is 2.85 bits per heavy atom. The van der Waals surface area contributed by atoms with Gasteiger partial charge in [-0.2, -0.15) is 0 Å². The van der Waals surface area contributed by atoms with E-state index in [1.165, 1.54) is 10.4 Å².